The van der Waals surface area contributed by atoms with Crippen LogP contribution in [0.3, 0.4) is 0 Å². The predicted octanol–water partition coefficient (Wildman–Crippen LogP) is 4.81. The number of aliphatic hydroxyl groups is 1. The van der Waals surface area contributed by atoms with Gasteiger partial charge in [0.05, 0.1) is 27.7 Å². The zero-order chi connectivity index (χ0) is 18.4. The Balaban J connectivity index is 2.10. The van der Waals surface area contributed by atoms with Gasteiger partial charge in [-0.1, -0.05) is 29.3 Å². The van der Waals surface area contributed by atoms with Gasteiger partial charge < -0.3 is 19.9 Å². The molecule has 0 spiro atoms. The Kier molecular flexibility index (Phi) is 7.84. The first-order valence-electron chi connectivity index (χ1n) is 7.72. The topological polar surface area (TPSA) is 50.7 Å². The van der Waals surface area contributed by atoms with Crippen molar-refractivity contribution in [3.8, 4) is 11.5 Å². The van der Waals surface area contributed by atoms with Crippen LogP contribution in [0.5, 0.6) is 11.5 Å². The van der Waals surface area contributed by atoms with Crippen LogP contribution in [0.1, 0.15) is 18.1 Å². The van der Waals surface area contributed by atoms with E-state index >= 15 is 0 Å². The number of aliphatic hydroxyl groups excluding tert-OH is 1. The predicted molar refractivity (Wildman–Crippen MR) is 105 cm³/mol. The average Bonchev–Trinajstić information content (AvgIpc) is 2.56. The molecule has 2 aromatic rings. The summed E-state index contributed by atoms with van der Waals surface area (Å²) in [7, 11) is 1.60. The molecule has 0 radical (unpaired) electrons. The first kappa shape index (κ1) is 20.3. The smallest absolute Gasteiger partial charge is 0.175 e. The van der Waals surface area contributed by atoms with Gasteiger partial charge in [0, 0.05) is 13.1 Å². The van der Waals surface area contributed by atoms with Gasteiger partial charge in [-0.3, -0.25) is 0 Å². The van der Waals surface area contributed by atoms with Gasteiger partial charge in [-0.2, -0.15) is 0 Å². The fourth-order valence-corrected chi connectivity index (χ4v) is 3.15. The van der Waals surface area contributed by atoms with Crippen LogP contribution in [0.2, 0.25) is 10.0 Å². The van der Waals surface area contributed by atoms with E-state index in [9.17, 15) is 5.11 Å². The van der Waals surface area contributed by atoms with E-state index in [1.807, 2.05) is 18.2 Å². The molecule has 0 aliphatic carbocycles. The monoisotopic (exact) mass is 447 g/mol. The Morgan fingerprint density at radius 3 is 2.56 bits per heavy atom. The van der Waals surface area contributed by atoms with E-state index < -0.39 is 0 Å². The molecular weight excluding hydrogens is 429 g/mol. The van der Waals surface area contributed by atoms with E-state index in [1.54, 1.807) is 26.2 Å². The van der Waals surface area contributed by atoms with Gasteiger partial charge in [-0.15, -0.1) is 0 Å². The highest BCUT2D eigenvalue weighted by atomic mass is 79.9. The van der Waals surface area contributed by atoms with Gasteiger partial charge in [0.25, 0.3) is 0 Å². The molecule has 0 aliphatic rings. The van der Waals surface area contributed by atoms with Crippen LogP contribution >= 0.6 is 39.1 Å². The van der Waals surface area contributed by atoms with E-state index in [1.165, 1.54) is 0 Å². The Morgan fingerprint density at radius 2 is 1.92 bits per heavy atom. The highest BCUT2D eigenvalue weighted by Gasteiger charge is 2.12. The van der Waals surface area contributed by atoms with Crippen LogP contribution < -0.4 is 14.8 Å². The van der Waals surface area contributed by atoms with Crippen molar-refractivity contribution >= 4 is 39.1 Å². The molecule has 2 aromatic carbocycles. The molecule has 0 saturated carbocycles. The van der Waals surface area contributed by atoms with E-state index in [0.29, 0.717) is 41.2 Å². The van der Waals surface area contributed by atoms with Gasteiger partial charge in [-0.25, -0.2) is 0 Å². The van der Waals surface area contributed by atoms with Gasteiger partial charge >= 0.3 is 0 Å². The van der Waals surface area contributed by atoms with Crippen LogP contribution in [-0.2, 0) is 13.2 Å². The standard InChI is InChI=1S/C18H20BrCl2NO3/c1-11(23)8-22-9-13-5-14(19)18(17(7-13)24-2)25-10-12-3-4-15(20)16(21)6-12/h3-7,11,22-23H,8-10H2,1-2H3/t11-/m0/s1. The summed E-state index contributed by atoms with van der Waals surface area (Å²) in [5.41, 5.74) is 1.93. The maximum Gasteiger partial charge on any atom is 0.175 e. The third-order valence-electron chi connectivity index (χ3n) is 3.43. The maximum atomic E-state index is 9.31. The van der Waals surface area contributed by atoms with E-state index in [4.69, 9.17) is 32.7 Å². The zero-order valence-electron chi connectivity index (χ0n) is 14.0. The van der Waals surface area contributed by atoms with Crippen molar-refractivity contribution in [3.63, 3.8) is 0 Å². The lowest BCUT2D eigenvalue weighted by Crippen LogP contribution is -2.23. The van der Waals surface area contributed by atoms with Crippen molar-refractivity contribution in [2.75, 3.05) is 13.7 Å². The molecule has 136 valence electrons. The molecule has 0 amide bonds. The third kappa shape index (κ3) is 6.04. The molecular formula is C18H20BrCl2NO3. The zero-order valence-corrected chi connectivity index (χ0v) is 17.1. The summed E-state index contributed by atoms with van der Waals surface area (Å²) >= 11 is 15.5. The third-order valence-corrected chi connectivity index (χ3v) is 4.75. The number of hydrogen-bond donors (Lipinski definition) is 2. The molecule has 0 aromatic heterocycles. The van der Waals surface area contributed by atoms with Crippen molar-refractivity contribution in [1.29, 1.82) is 0 Å². The number of hydrogen-bond acceptors (Lipinski definition) is 4. The van der Waals surface area contributed by atoms with Crippen molar-refractivity contribution in [2.45, 2.75) is 26.2 Å². The molecule has 0 saturated heterocycles. The Bertz CT molecular complexity index is 726. The second kappa shape index (κ2) is 9.64. The van der Waals surface area contributed by atoms with Crippen molar-refractivity contribution in [2.24, 2.45) is 0 Å². The van der Waals surface area contributed by atoms with Gasteiger partial charge in [0.1, 0.15) is 6.61 Å². The number of halogens is 3. The Morgan fingerprint density at radius 1 is 1.16 bits per heavy atom. The van der Waals surface area contributed by atoms with Crippen molar-refractivity contribution in [3.05, 3.63) is 56.0 Å². The normalized spacial score (nSPS) is 12.1. The lowest BCUT2D eigenvalue weighted by atomic mass is 10.2. The molecule has 0 fully saturated rings. The van der Waals surface area contributed by atoms with Gasteiger partial charge in [0.2, 0.25) is 0 Å². The molecule has 1 atom stereocenters. The number of benzene rings is 2. The van der Waals surface area contributed by atoms with E-state index in [2.05, 4.69) is 21.2 Å². The Hall–Kier alpha value is -0.980. The first-order chi connectivity index (χ1) is 11.9. The van der Waals surface area contributed by atoms with Crippen LogP contribution in [0.4, 0.5) is 0 Å². The highest BCUT2D eigenvalue weighted by molar-refractivity contribution is 9.10. The first-order valence-corrected chi connectivity index (χ1v) is 9.27. The molecule has 2 rings (SSSR count). The number of methoxy groups -OCH3 is 1. The highest BCUT2D eigenvalue weighted by Crippen LogP contribution is 2.37. The number of nitrogens with one attached hydrogen (secondary N) is 1. The van der Waals surface area contributed by atoms with E-state index in [-0.39, 0.29) is 6.10 Å². The summed E-state index contributed by atoms with van der Waals surface area (Å²) in [6.07, 6.45) is -0.390. The maximum absolute atomic E-state index is 9.31. The summed E-state index contributed by atoms with van der Waals surface area (Å²) in [5, 5.41) is 13.5. The minimum Gasteiger partial charge on any atom is -0.493 e. The van der Waals surface area contributed by atoms with Crippen molar-refractivity contribution < 1.29 is 14.6 Å². The summed E-state index contributed by atoms with van der Waals surface area (Å²) in [6, 6.07) is 9.25. The van der Waals surface area contributed by atoms with Crippen LogP contribution in [0.15, 0.2) is 34.8 Å². The molecule has 4 nitrogen and oxygen atoms in total. The van der Waals surface area contributed by atoms with Crippen LogP contribution in [-0.4, -0.2) is 24.9 Å². The summed E-state index contributed by atoms with van der Waals surface area (Å²) in [4.78, 5) is 0. The van der Waals surface area contributed by atoms with Gasteiger partial charge in [0.15, 0.2) is 11.5 Å². The largest absolute Gasteiger partial charge is 0.493 e. The minimum absolute atomic E-state index is 0.339. The Labute approximate surface area is 166 Å². The second-order valence-electron chi connectivity index (χ2n) is 5.63. The summed E-state index contributed by atoms with van der Waals surface area (Å²) in [6.45, 7) is 3.22. The molecule has 0 aliphatic heterocycles. The van der Waals surface area contributed by atoms with E-state index in [0.717, 1.165) is 15.6 Å². The van der Waals surface area contributed by atoms with Crippen molar-refractivity contribution in [1.82, 2.24) is 5.32 Å². The average molecular weight is 449 g/mol. The second-order valence-corrected chi connectivity index (χ2v) is 7.29. The lowest BCUT2D eigenvalue weighted by Gasteiger charge is -2.15. The lowest BCUT2D eigenvalue weighted by molar-refractivity contribution is 0.191. The molecule has 0 bridgehead atoms. The van der Waals surface area contributed by atoms with Crippen LogP contribution in [0.25, 0.3) is 0 Å². The molecule has 0 unspecified atom stereocenters. The summed E-state index contributed by atoms with van der Waals surface area (Å²) in [5.74, 6) is 1.25. The quantitative estimate of drug-likeness (QED) is 0.608. The molecule has 0 heterocycles. The molecule has 2 N–H and O–H groups in total. The van der Waals surface area contributed by atoms with Gasteiger partial charge in [-0.05, 0) is 58.2 Å². The fourth-order valence-electron chi connectivity index (χ4n) is 2.23. The molecule has 25 heavy (non-hydrogen) atoms. The minimum atomic E-state index is -0.390. The number of rotatable bonds is 8. The SMILES string of the molecule is COc1cc(CNC[C@H](C)O)cc(Br)c1OCc1ccc(Cl)c(Cl)c1. The van der Waals surface area contributed by atoms with Crippen LogP contribution in [0, 0.1) is 0 Å². The molecule has 7 heteroatoms. The number of ether oxygens (including phenoxy) is 2. The fraction of sp³-hybridized carbons (Fsp3) is 0.333. The summed E-state index contributed by atoms with van der Waals surface area (Å²) < 4.78 is 12.1.